The van der Waals surface area contributed by atoms with E-state index in [1.54, 1.807) is 14.2 Å². The van der Waals surface area contributed by atoms with Gasteiger partial charge in [0.25, 0.3) is 0 Å². The van der Waals surface area contributed by atoms with E-state index < -0.39 is 0 Å². The number of nitrogens with zero attached hydrogens (tertiary/aromatic N) is 1. The molecule has 0 aromatic heterocycles. The Bertz CT molecular complexity index is 315. The smallest absolute Gasteiger partial charge is 0.239 e. The monoisotopic (exact) mass is 339 g/mol. The molecule has 2 amide bonds. The molecule has 2 N–H and O–H groups in total. The first-order valence-electron chi connectivity index (χ1n) is 6.94. The molecule has 0 aliphatic carbocycles. The Labute approximate surface area is 137 Å². The highest BCUT2D eigenvalue weighted by molar-refractivity contribution is 7.99. The fraction of sp³-hybridized carbons (Fsp3) is 0.846. The lowest BCUT2D eigenvalue weighted by Gasteiger charge is -2.25. The maximum Gasteiger partial charge on any atom is 0.239 e. The zero-order valence-corrected chi connectivity index (χ0v) is 14.4. The summed E-state index contributed by atoms with van der Waals surface area (Å²) >= 11 is 1.86. The summed E-state index contributed by atoms with van der Waals surface area (Å²) in [5.41, 5.74) is 0. The van der Waals surface area contributed by atoms with E-state index in [1.165, 1.54) is 4.90 Å². The van der Waals surface area contributed by atoms with Crippen LogP contribution in [0.25, 0.3) is 0 Å². The topological polar surface area (TPSA) is 70.7 Å². The second-order valence-electron chi connectivity index (χ2n) is 4.88. The second kappa shape index (κ2) is 12.1. The summed E-state index contributed by atoms with van der Waals surface area (Å²) < 4.78 is 4.90. The Morgan fingerprint density at radius 3 is 2.86 bits per heavy atom. The molecule has 0 saturated carbocycles. The molecule has 1 aliphatic rings. The summed E-state index contributed by atoms with van der Waals surface area (Å²) in [5.74, 6) is 1.95. The molecule has 1 rings (SSSR count). The van der Waals surface area contributed by atoms with E-state index in [0.717, 1.165) is 24.5 Å². The zero-order valence-electron chi connectivity index (χ0n) is 12.7. The van der Waals surface area contributed by atoms with E-state index in [2.05, 4.69) is 10.6 Å². The van der Waals surface area contributed by atoms with Gasteiger partial charge in [0, 0.05) is 57.8 Å². The summed E-state index contributed by atoms with van der Waals surface area (Å²) in [5, 5.41) is 6.10. The largest absolute Gasteiger partial charge is 0.385 e. The lowest BCUT2D eigenvalue weighted by atomic mass is 10.2. The predicted molar refractivity (Wildman–Crippen MR) is 88.1 cm³/mol. The summed E-state index contributed by atoms with van der Waals surface area (Å²) in [6, 6.07) is 0.230. The number of thioether (sulfide) groups is 1. The quantitative estimate of drug-likeness (QED) is 0.614. The van der Waals surface area contributed by atoms with Gasteiger partial charge in [0.15, 0.2) is 0 Å². The molecule has 8 heteroatoms. The third-order valence-corrected chi connectivity index (χ3v) is 4.20. The number of hydrogen-bond donors (Lipinski definition) is 2. The molecule has 0 bridgehead atoms. The molecule has 1 saturated heterocycles. The van der Waals surface area contributed by atoms with E-state index in [9.17, 15) is 9.59 Å². The number of carbonyl (C=O) groups excluding carboxylic acids is 2. The number of rotatable bonds is 8. The molecule has 1 unspecified atom stereocenters. The molecule has 0 spiro atoms. The number of ether oxygens (including phenoxy) is 1. The summed E-state index contributed by atoms with van der Waals surface area (Å²) in [4.78, 5) is 25.1. The van der Waals surface area contributed by atoms with E-state index in [4.69, 9.17) is 4.74 Å². The van der Waals surface area contributed by atoms with Crippen LogP contribution in [0.4, 0.5) is 0 Å². The van der Waals surface area contributed by atoms with Crippen LogP contribution in [0.2, 0.25) is 0 Å². The number of methoxy groups -OCH3 is 1. The Kier molecular flexibility index (Phi) is 11.8. The molecular weight excluding hydrogens is 314 g/mol. The number of carbonyl (C=O) groups is 2. The van der Waals surface area contributed by atoms with Crippen LogP contribution in [0.1, 0.15) is 12.8 Å². The van der Waals surface area contributed by atoms with Crippen molar-refractivity contribution in [3.8, 4) is 0 Å². The zero-order chi connectivity index (χ0) is 14.8. The third-order valence-electron chi connectivity index (χ3n) is 3.07. The van der Waals surface area contributed by atoms with Crippen molar-refractivity contribution in [1.29, 1.82) is 0 Å². The van der Waals surface area contributed by atoms with Crippen LogP contribution in [-0.2, 0) is 14.3 Å². The average molecular weight is 340 g/mol. The molecule has 1 aliphatic heterocycles. The maximum absolute atomic E-state index is 12.0. The van der Waals surface area contributed by atoms with Gasteiger partial charge in [-0.15, -0.1) is 12.4 Å². The summed E-state index contributed by atoms with van der Waals surface area (Å²) in [6.45, 7) is 2.27. The Morgan fingerprint density at radius 2 is 2.24 bits per heavy atom. The lowest BCUT2D eigenvalue weighted by molar-refractivity contribution is -0.135. The Balaban J connectivity index is 0.00000400. The molecule has 0 aromatic rings. The van der Waals surface area contributed by atoms with E-state index in [-0.39, 0.29) is 36.8 Å². The van der Waals surface area contributed by atoms with Gasteiger partial charge in [0.2, 0.25) is 11.8 Å². The standard InChI is InChI=1S/C13H25N3O3S.ClH/c1-16(9-12(17)15-4-3-6-19-2)13(18)8-11-10-20-7-5-14-11;/h11,14H,3-10H2,1-2H3,(H,15,17);1H. The maximum atomic E-state index is 12.0. The molecular formula is C13H26ClN3O3S. The first-order valence-corrected chi connectivity index (χ1v) is 8.09. The van der Waals surface area contributed by atoms with Crippen LogP contribution in [0, 0.1) is 0 Å². The van der Waals surface area contributed by atoms with Crippen molar-refractivity contribution in [3.63, 3.8) is 0 Å². The second-order valence-corrected chi connectivity index (χ2v) is 6.03. The molecule has 1 heterocycles. The van der Waals surface area contributed by atoms with E-state index in [0.29, 0.717) is 19.6 Å². The fourth-order valence-corrected chi connectivity index (χ4v) is 2.87. The fourth-order valence-electron chi connectivity index (χ4n) is 1.92. The molecule has 124 valence electrons. The number of likely N-dealkylation sites (N-methyl/N-ethyl adjacent to an activating group) is 1. The van der Waals surface area contributed by atoms with E-state index in [1.807, 2.05) is 11.8 Å². The minimum Gasteiger partial charge on any atom is -0.385 e. The van der Waals surface area contributed by atoms with Gasteiger partial charge in [-0.2, -0.15) is 11.8 Å². The Hall–Kier alpha value is -0.500. The minimum atomic E-state index is -0.122. The van der Waals surface area contributed by atoms with Crippen LogP contribution in [0.15, 0.2) is 0 Å². The highest BCUT2D eigenvalue weighted by Crippen LogP contribution is 2.11. The molecule has 0 aromatic carbocycles. The average Bonchev–Trinajstić information content (AvgIpc) is 2.44. The van der Waals surface area contributed by atoms with Crippen molar-refractivity contribution in [2.75, 3.05) is 51.9 Å². The minimum absolute atomic E-state index is 0. The molecule has 0 radical (unpaired) electrons. The first kappa shape index (κ1) is 20.5. The predicted octanol–water partition coefficient (Wildman–Crippen LogP) is 0.114. The van der Waals surface area contributed by atoms with Crippen molar-refractivity contribution < 1.29 is 14.3 Å². The van der Waals surface area contributed by atoms with Gasteiger partial charge in [-0.1, -0.05) is 0 Å². The van der Waals surface area contributed by atoms with Gasteiger partial charge >= 0.3 is 0 Å². The van der Waals surface area contributed by atoms with Crippen molar-refractivity contribution >= 4 is 36.0 Å². The number of amides is 2. The third kappa shape index (κ3) is 9.18. The highest BCUT2D eigenvalue weighted by atomic mass is 35.5. The molecule has 1 fully saturated rings. The normalized spacial score (nSPS) is 17.7. The number of nitrogens with one attached hydrogen (secondary N) is 2. The van der Waals surface area contributed by atoms with Gasteiger partial charge in [-0.25, -0.2) is 0 Å². The molecule has 1 atom stereocenters. The molecule has 21 heavy (non-hydrogen) atoms. The Morgan fingerprint density at radius 1 is 1.48 bits per heavy atom. The lowest BCUT2D eigenvalue weighted by Crippen LogP contribution is -2.44. The van der Waals surface area contributed by atoms with Gasteiger partial charge in [-0.3, -0.25) is 9.59 Å². The number of hydrogen-bond acceptors (Lipinski definition) is 5. The SMILES string of the molecule is COCCCNC(=O)CN(C)C(=O)CC1CSCCN1.Cl. The summed E-state index contributed by atoms with van der Waals surface area (Å²) in [6.07, 6.45) is 1.24. The van der Waals surface area contributed by atoms with Crippen molar-refractivity contribution in [2.45, 2.75) is 18.9 Å². The van der Waals surface area contributed by atoms with E-state index >= 15 is 0 Å². The van der Waals surface area contributed by atoms with Crippen molar-refractivity contribution in [1.82, 2.24) is 15.5 Å². The van der Waals surface area contributed by atoms with Crippen LogP contribution >= 0.6 is 24.2 Å². The van der Waals surface area contributed by atoms with Crippen LogP contribution in [0.5, 0.6) is 0 Å². The highest BCUT2D eigenvalue weighted by Gasteiger charge is 2.20. The van der Waals surface area contributed by atoms with Crippen LogP contribution in [0.3, 0.4) is 0 Å². The first-order chi connectivity index (χ1) is 9.63. The van der Waals surface area contributed by atoms with Gasteiger partial charge in [-0.05, 0) is 6.42 Å². The van der Waals surface area contributed by atoms with Crippen molar-refractivity contribution in [3.05, 3.63) is 0 Å². The summed E-state index contributed by atoms with van der Waals surface area (Å²) in [7, 11) is 3.30. The van der Waals surface area contributed by atoms with Crippen LogP contribution in [-0.4, -0.2) is 74.7 Å². The molecule has 6 nitrogen and oxygen atoms in total. The van der Waals surface area contributed by atoms with Gasteiger partial charge < -0.3 is 20.3 Å². The van der Waals surface area contributed by atoms with Gasteiger partial charge in [0.05, 0.1) is 6.54 Å². The number of halogens is 1. The van der Waals surface area contributed by atoms with Gasteiger partial charge in [0.1, 0.15) is 0 Å². The van der Waals surface area contributed by atoms with Crippen LogP contribution < -0.4 is 10.6 Å². The van der Waals surface area contributed by atoms with Crippen molar-refractivity contribution in [2.24, 2.45) is 0 Å².